The van der Waals surface area contributed by atoms with Gasteiger partial charge in [-0.2, -0.15) is 0 Å². The highest BCUT2D eigenvalue weighted by Crippen LogP contribution is 2.21. The maximum atomic E-state index is 11.3. The summed E-state index contributed by atoms with van der Waals surface area (Å²) in [5, 5.41) is 17.3. The lowest BCUT2D eigenvalue weighted by Gasteiger charge is -2.01. The minimum Gasteiger partial charge on any atom is -0.478 e. The van der Waals surface area contributed by atoms with Gasteiger partial charge in [-0.3, -0.25) is 0 Å². The summed E-state index contributed by atoms with van der Waals surface area (Å²) >= 11 is 0. The van der Waals surface area contributed by atoms with E-state index in [0.717, 1.165) is 11.5 Å². The third-order valence-corrected chi connectivity index (χ3v) is 3.28. The Bertz CT molecular complexity index is 835. The number of carboxylic acid groups (broad SMARTS) is 1. The maximum absolute atomic E-state index is 11.3. The van der Waals surface area contributed by atoms with Crippen molar-refractivity contribution in [3.8, 4) is 11.3 Å². The lowest BCUT2D eigenvalue weighted by Crippen LogP contribution is -2.02. The van der Waals surface area contributed by atoms with Gasteiger partial charge in [0.25, 0.3) is 0 Å². The maximum Gasteiger partial charge on any atom is 0.336 e. The summed E-state index contributed by atoms with van der Waals surface area (Å²) < 4.78 is 6.99. The van der Waals surface area contributed by atoms with Gasteiger partial charge in [0.1, 0.15) is 17.1 Å². The molecule has 2 aromatic heterocycles. The number of carboxylic acids is 1. The van der Waals surface area contributed by atoms with E-state index in [4.69, 9.17) is 4.42 Å². The molecule has 0 amide bonds. The molecule has 1 aromatic carbocycles. The van der Waals surface area contributed by atoms with E-state index in [2.05, 4.69) is 15.3 Å². The van der Waals surface area contributed by atoms with Crippen LogP contribution in [0.15, 0.2) is 34.9 Å². The number of hydrogen-bond acceptors (Lipinski definition) is 5. The van der Waals surface area contributed by atoms with Crippen LogP contribution in [0, 0.1) is 13.8 Å². The number of aromatic nitrogens is 4. The lowest BCUT2D eigenvalue weighted by atomic mass is 10.1. The number of aromatic carboxylic acids is 1. The third-order valence-electron chi connectivity index (χ3n) is 3.28. The second-order valence-electron chi connectivity index (χ2n) is 4.89. The molecule has 0 saturated carbocycles. The fourth-order valence-corrected chi connectivity index (χ4v) is 2.26. The molecule has 0 aliphatic carbocycles. The van der Waals surface area contributed by atoms with Crippen LogP contribution in [0.4, 0.5) is 0 Å². The molecular formula is C15H14N4O3. The van der Waals surface area contributed by atoms with Crippen LogP contribution in [-0.2, 0) is 6.54 Å². The number of hydrogen-bond donors (Lipinski definition) is 1. The quantitative estimate of drug-likeness (QED) is 0.794. The van der Waals surface area contributed by atoms with Gasteiger partial charge in [0, 0.05) is 12.5 Å². The zero-order valence-electron chi connectivity index (χ0n) is 12.1. The molecule has 0 fully saturated rings. The van der Waals surface area contributed by atoms with Crippen LogP contribution in [0.5, 0.6) is 0 Å². The molecule has 0 spiro atoms. The van der Waals surface area contributed by atoms with E-state index in [1.165, 1.54) is 0 Å². The Hall–Kier alpha value is -2.96. The number of nitrogens with zero attached hydrogens (tertiary/aromatic N) is 4. The van der Waals surface area contributed by atoms with Crippen molar-refractivity contribution in [2.45, 2.75) is 20.4 Å². The average molecular weight is 298 g/mol. The van der Waals surface area contributed by atoms with E-state index < -0.39 is 5.97 Å². The third kappa shape index (κ3) is 2.60. The first-order chi connectivity index (χ1) is 10.5. The topological polar surface area (TPSA) is 94.0 Å². The van der Waals surface area contributed by atoms with Crippen molar-refractivity contribution >= 4 is 5.97 Å². The summed E-state index contributed by atoms with van der Waals surface area (Å²) in [6.45, 7) is 4.05. The predicted octanol–water partition coefficient (Wildman–Crippen LogP) is 2.30. The first-order valence-corrected chi connectivity index (χ1v) is 6.70. The van der Waals surface area contributed by atoms with Crippen molar-refractivity contribution in [1.29, 1.82) is 0 Å². The van der Waals surface area contributed by atoms with Crippen molar-refractivity contribution in [2.24, 2.45) is 0 Å². The highest BCUT2D eigenvalue weighted by molar-refractivity contribution is 5.95. The van der Waals surface area contributed by atoms with Crippen molar-refractivity contribution in [3.05, 3.63) is 53.4 Å². The Morgan fingerprint density at radius 1 is 1.32 bits per heavy atom. The average Bonchev–Trinajstić information content (AvgIpc) is 3.06. The first kappa shape index (κ1) is 14.0. The Balaban J connectivity index is 1.91. The van der Waals surface area contributed by atoms with Gasteiger partial charge in [-0.1, -0.05) is 23.4 Å². The summed E-state index contributed by atoms with van der Waals surface area (Å²) in [6, 6.07) is 6.70. The molecule has 3 aromatic rings. The second-order valence-corrected chi connectivity index (χ2v) is 4.89. The van der Waals surface area contributed by atoms with Gasteiger partial charge in [0.2, 0.25) is 0 Å². The fourth-order valence-electron chi connectivity index (χ4n) is 2.26. The molecule has 0 radical (unpaired) electrons. The molecule has 3 rings (SSSR count). The largest absolute Gasteiger partial charge is 0.478 e. The van der Waals surface area contributed by atoms with Crippen molar-refractivity contribution in [2.75, 3.05) is 0 Å². The first-order valence-electron chi connectivity index (χ1n) is 6.70. The van der Waals surface area contributed by atoms with E-state index in [-0.39, 0.29) is 5.56 Å². The highest BCUT2D eigenvalue weighted by atomic mass is 16.4. The molecule has 2 heterocycles. The molecule has 0 bridgehead atoms. The number of aryl methyl sites for hydroxylation is 2. The standard InChI is InChI=1S/C15H14N4O3/c1-9-13(16-10(2)22-9)7-19-8-14(17-18-19)11-5-3-4-6-12(11)15(20)21/h3-6,8H,7H2,1-2H3,(H,20,21). The van der Waals surface area contributed by atoms with Crippen LogP contribution in [0.3, 0.4) is 0 Å². The molecule has 0 aliphatic rings. The lowest BCUT2D eigenvalue weighted by molar-refractivity contribution is 0.0697. The van der Waals surface area contributed by atoms with Crippen LogP contribution >= 0.6 is 0 Å². The number of oxazole rings is 1. The van der Waals surface area contributed by atoms with Crippen LogP contribution in [0.2, 0.25) is 0 Å². The van der Waals surface area contributed by atoms with Crippen molar-refractivity contribution in [1.82, 2.24) is 20.0 Å². The highest BCUT2D eigenvalue weighted by Gasteiger charge is 2.14. The Morgan fingerprint density at radius 3 is 2.77 bits per heavy atom. The molecular weight excluding hydrogens is 284 g/mol. The summed E-state index contributed by atoms with van der Waals surface area (Å²) in [5.41, 5.74) is 2.02. The zero-order chi connectivity index (χ0) is 15.7. The van der Waals surface area contributed by atoms with Crippen LogP contribution in [-0.4, -0.2) is 31.1 Å². The van der Waals surface area contributed by atoms with Gasteiger partial charge in [0.05, 0.1) is 18.3 Å². The number of benzene rings is 1. The van der Waals surface area contributed by atoms with E-state index >= 15 is 0 Å². The molecule has 0 unspecified atom stereocenters. The molecule has 1 N–H and O–H groups in total. The summed E-state index contributed by atoms with van der Waals surface area (Å²) in [6.07, 6.45) is 1.70. The van der Waals surface area contributed by atoms with E-state index in [1.807, 2.05) is 6.92 Å². The normalized spacial score (nSPS) is 10.8. The summed E-state index contributed by atoms with van der Waals surface area (Å²) in [7, 11) is 0. The number of carbonyl (C=O) groups is 1. The zero-order valence-corrected chi connectivity index (χ0v) is 12.1. The van der Waals surface area contributed by atoms with E-state index in [0.29, 0.717) is 23.7 Å². The summed E-state index contributed by atoms with van der Waals surface area (Å²) in [5.74, 6) is 0.345. The van der Waals surface area contributed by atoms with Crippen molar-refractivity contribution < 1.29 is 14.3 Å². The fraction of sp³-hybridized carbons (Fsp3) is 0.200. The molecule has 112 valence electrons. The number of rotatable bonds is 4. The van der Waals surface area contributed by atoms with Crippen LogP contribution in [0.25, 0.3) is 11.3 Å². The second kappa shape index (κ2) is 5.44. The van der Waals surface area contributed by atoms with Gasteiger partial charge >= 0.3 is 5.97 Å². The molecule has 0 atom stereocenters. The van der Waals surface area contributed by atoms with Gasteiger partial charge in [-0.05, 0) is 13.0 Å². The summed E-state index contributed by atoms with van der Waals surface area (Å²) in [4.78, 5) is 15.5. The smallest absolute Gasteiger partial charge is 0.336 e. The Kier molecular flexibility index (Phi) is 3.46. The minimum atomic E-state index is -0.992. The van der Waals surface area contributed by atoms with Crippen LogP contribution < -0.4 is 0 Å². The Morgan fingerprint density at radius 2 is 2.09 bits per heavy atom. The minimum absolute atomic E-state index is 0.197. The SMILES string of the molecule is Cc1nc(Cn2cc(-c3ccccc3C(=O)O)nn2)c(C)o1. The van der Waals surface area contributed by atoms with E-state index in [1.54, 1.807) is 42.1 Å². The molecule has 22 heavy (non-hydrogen) atoms. The van der Waals surface area contributed by atoms with Crippen molar-refractivity contribution in [3.63, 3.8) is 0 Å². The van der Waals surface area contributed by atoms with Gasteiger partial charge in [0.15, 0.2) is 5.89 Å². The van der Waals surface area contributed by atoms with Gasteiger partial charge in [-0.15, -0.1) is 5.10 Å². The predicted molar refractivity (Wildman–Crippen MR) is 77.5 cm³/mol. The van der Waals surface area contributed by atoms with Gasteiger partial charge in [-0.25, -0.2) is 14.5 Å². The molecule has 0 aliphatic heterocycles. The van der Waals surface area contributed by atoms with Crippen LogP contribution in [0.1, 0.15) is 27.7 Å². The monoisotopic (exact) mass is 298 g/mol. The Labute approximate surface area is 126 Å². The van der Waals surface area contributed by atoms with Gasteiger partial charge < -0.3 is 9.52 Å². The van der Waals surface area contributed by atoms with E-state index in [9.17, 15) is 9.90 Å². The molecule has 7 nitrogen and oxygen atoms in total. The molecule has 7 heteroatoms. The molecule has 0 saturated heterocycles.